The highest BCUT2D eigenvalue weighted by Gasteiger charge is 2.38. The Balaban J connectivity index is 1.18. The lowest BCUT2D eigenvalue weighted by molar-refractivity contribution is 0.00822. The van der Waals surface area contributed by atoms with E-state index in [0.717, 1.165) is 18.7 Å². The van der Waals surface area contributed by atoms with Crippen LogP contribution in [0.5, 0.6) is 0 Å². The zero-order valence-electron chi connectivity index (χ0n) is 17.5. The molecular weight excluding hydrogens is 427 g/mol. The van der Waals surface area contributed by atoms with E-state index in [-0.39, 0.29) is 23.4 Å². The van der Waals surface area contributed by atoms with Gasteiger partial charge in [-0.3, -0.25) is 14.5 Å². The summed E-state index contributed by atoms with van der Waals surface area (Å²) in [6.07, 6.45) is 0. The van der Waals surface area contributed by atoms with Gasteiger partial charge in [0.25, 0.3) is 11.8 Å². The fraction of sp³-hybridized carbons (Fsp3) is 0.292. The van der Waals surface area contributed by atoms with Gasteiger partial charge in [0.1, 0.15) is 11.5 Å². The maximum atomic E-state index is 15.1. The van der Waals surface area contributed by atoms with Crippen LogP contribution in [-0.2, 0) is 0 Å². The molecule has 32 heavy (non-hydrogen) atoms. The van der Waals surface area contributed by atoms with Crippen LogP contribution in [0.25, 0.3) is 11.1 Å². The Hall–Kier alpha value is -3.10. The second-order valence-electron chi connectivity index (χ2n) is 8.10. The second kappa shape index (κ2) is 8.80. The summed E-state index contributed by atoms with van der Waals surface area (Å²) in [4.78, 5) is 35.3. The Kier molecular flexibility index (Phi) is 5.71. The number of nitrogens with zero attached hydrogens (tertiary/aromatic N) is 4. The van der Waals surface area contributed by atoms with Crippen molar-refractivity contribution >= 4 is 23.2 Å². The number of benzene rings is 2. The molecule has 2 amide bonds. The predicted molar refractivity (Wildman–Crippen MR) is 121 cm³/mol. The third kappa shape index (κ3) is 3.91. The average Bonchev–Trinajstić information content (AvgIpc) is 3.34. The number of carbonyl (C=O) groups is 2. The quantitative estimate of drug-likeness (QED) is 0.613. The van der Waals surface area contributed by atoms with Gasteiger partial charge in [0.15, 0.2) is 0 Å². The van der Waals surface area contributed by atoms with Crippen molar-refractivity contribution in [2.75, 3.05) is 39.3 Å². The number of piperazine rings is 1. The van der Waals surface area contributed by atoms with Gasteiger partial charge in [-0.15, -0.1) is 11.3 Å². The van der Waals surface area contributed by atoms with Gasteiger partial charge in [0.2, 0.25) is 0 Å². The molecule has 0 radical (unpaired) electrons. The van der Waals surface area contributed by atoms with Gasteiger partial charge in [-0.1, -0.05) is 42.5 Å². The normalized spacial score (nSPS) is 17.3. The molecule has 8 heteroatoms. The number of thiazole rings is 1. The highest BCUT2D eigenvalue weighted by molar-refractivity contribution is 7.07. The molecule has 5 rings (SSSR count). The molecular formula is C24H23FN4O2S. The van der Waals surface area contributed by atoms with Crippen LogP contribution in [0.15, 0.2) is 59.4 Å². The number of carbonyl (C=O) groups excluding carboxylic acids is 2. The van der Waals surface area contributed by atoms with Gasteiger partial charge < -0.3 is 9.80 Å². The summed E-state index contributed by atoms with van der Waals surface area (Å²) < 4.78 is 15.1. The summed E-state index contributed by atoms with van der Waals surface area (Å²) >= 11 is 1.42. The SMILES string of the molecule is O=C(c1cscn1)N1CCN(C2CN(C(=O)c3cccc(-c4ccccc4)c3F)C2)CC1. The van der Waals surface area contributed by atoms with Crippen molar-refractivity contribution in [1.29, 1.82) is 0 Å². The van der Waals surface area contributed by atoms with Gasteiger partial charge in [-0.2, -0.15) is 0 Å². The van der Waals surface area contributed by atoms with Crippen LogP contribution < -0.4 is 0 Å². The molecule has 1 aromatic heterocycles. The van der Waals surface area contributed by atoms with Gasteiger partial charge in [0.05, 0.1) is 11.1 Å². The molecule has 2 saturated heterocycles. The van der Waals surface area contributed by atoms with Crippen LogP contribution in [0.4, 0.5) is 4.39 Å². The summed E-state index contributed by atoms with van der Waals surface area (Å²) in [5.41, 5.74) is 3.48. The largest absolute Gasteiger partial charge is 0.335 e. The van der Waals surface area contributed by atoms with E-state index in [1.165, 1.54) is 11.3 Å². The number of amides is 2. The highest BCUT2D eigenvalue weighted by Crippen LogP contribution is 2.27. The van der Waals surface area contributed by atoms with Gasteiger partial charge in [-0.05, 0) is 11.6 Å². The maximum Gasteiger partial charge on any atom is 0.273 e. The third-order valence-corrected chi connectivity index (χ3v) is 6.82. The van der Waals surface area contributed by atoms with Crippen molar-refractivity contribution in [3.8, 4) is 11.1 Å². The molecule has 0 saturated carbocycles. The first-order valence-electron chi connectivity index (χ1n) is 10.7. The molecule has 3 aromatic rings. The van der Waals surface area contributed by atoms with Crippen LogP contribution in [0, 0.1) is 5.82 Å². The minimum atomic E-state index is -0.471. The third-order valence-electron chi connectivity index (χ3n) is 6.23. The van der Waals surface area contributed by atoms with Gasteiger partial charge in [0, 0.05) is 56.3 Å². The number of rotatable bonds is 4. The van der Waals surface area contributed by atoms with Crippen molar-refractivity contribution in [1.82, 2.24) is 19.7 Å². The smallest absolute Gasteiger partial charge is 0.273 e. The van der Waals surface area contributed by atoms with Crippen molar-refractivity contribution in [2.45, 2.75) is 6.04 Å². The zero-order valence-corrected chi connectivity index (χ0v) is 18.3. The number of hydrogen-bond acceptors (Lipinski definition) is 5. The standard InChI is InChI=1S/C24H23FN4O2S/c25-22-19(17-5-2-1-3-6-17)7-4-8-20(22)23(30)29-13-18(14-29)27-9-11-28(12-10-27)24(31)21-15-32-16-26-21/h1-8,15-16,18H,9-14H2. The fourth-order valence-corrected chi connectivity index (χ4v) is 4.86. The molecule has 0 unspecified atom stereocenters. The Bertz CT molecular complexity index is 1110. The lowest BCUT2D eigenvalue weighted by atomic mass is 9.99. The number of hydrogen-bond donors (Lipinski definition) is 0. The molecule has 2 fully saturated rings. The van der Waals surface area contributed by atoms with Crippen molar-refractivity contribution < 1.29 is 14.0 Å². The first kappa shape index (κ1) is 20.8. The first-order valence-corrected chi connectivity index (χ1v) is 11.6. The van der Waals surface area contributed by atoms with Crippen LogP contribution in [0.3, 0.4) is 0 Å². The van der Waals surface area contributed by atoms with Crippen molar-refractivity contribution in [3.63, 3.8) is 0 Å². The topological polar surface area (TPSA) is 56.8 Å². The van der Waals surface area contributed by atoms with E-state index in [0.29, 0.717) is 37.4 Å². The molecule has 2 aliphatic rings. The Labute approximate surface area is 189 Å². The van der Waals surface area contributed by atoms with Gasteiger partial charge >= 0.3 is 0 Å². The first-order chi connectivity index (χ1) is 15.6. The van der Waals surface area contributed by atoms with E-state index in [1.54, 1.807) is 34.0 Å². The van der Waals surface area contributed by atoms with E-state index < -0.39 is 5.82 Å². The van der Waals surface area contributed by atoms with E-state index >= 15 is 4.39 Å². The monoisotopic (exact) mass is 450 g/mol. The van der Waals surface area contributed by atoms with E-state index in [4.69, 9.17) is 0 Å². The molecule has 0 atom stereocenters. The molecule has 6 nitrogen and oxygen atoms in total. The molecule has 2 aliphatic heterocycles. The van der Waals surface area contributed by atoms with E-state index in [1.807, 2.05) is 35.2 Å². The van der Waals surface area contributed by atoms with Crippen molar-refractivity contribution in [2.24, 2.45) is 0 Å². The zero-order chi connectivity index (χ0) is 22.1. The van der Waals surface area contributed by atoms with Crippen LogP contribution in [0.1, 0.15) is 20.8 Å². The summed E-state index contributed by atoms with van der Waals surface area (Å²) in [7, 11) is 0. The molecule has 0 bridgehead atoms. The molecule has 2 aromatic carbocycles. The molecule has 0 spiro atoms. The highest BCUT2D eigenvalue weighted by atomic mass is 32.1. The molecule has 0 N–H and O–H groups in total. The Morgan fingerprint density at radius 3 is 2.34 bits per heavy atom. The van der Waals surface area contributed by atoms with E-state index in [2.05, 4.69) is 9.88 Å². The number of aromatic nitrogens is 1. The minimum absolute atomic E-state index is 0.0231. The number of halogens is 1. The van der Waals surface area contributed by atoms with Gasteiger partial charge in [-0.25, -0.2) is 9.37 Å². The van der Waals surface area contributed by atoms with Crippen molar-refractivity contribution in [3.05, 3.63) is 76.5 Å². The van der Waals surface area contributed by atoms with Crippen LogP contribution in [0.2, 0.25) is 0 Å². The Morgan fingerprint density at radius 2 is 1.66 bits per heavy atom. The summed E-state index contributed by atoms with van der Waals surface area (Å²) in [5, 5.41) is 1.77. The summed E-state index contributed by atoms with van der Waals surface area (Å²) in [6.45, 7) is 3.98. The minimum Gasteiger partial charge on any atom is -0.335 e. The lowest BCUT2D eigenvalue weighted by Gasteiger charge is -2.48. The average molecular weight is 451 g/mol. The molecule has 0 aliphatic carbocycles. The van der Waals surface area contributed by atoms with Crippen LogP contribution >= 0.6 is 11.3 Å². The molecule has 3 heterocycles. The second-order valence-corrected chi connectivity index (χ2v) is 8.82. The Morgan fingerprint density at radius 1 is 0.906 bits per heavy atom. The maximum absolute atomic E-state index is 15.1. The fourth-order valence-electron chi connectivity index (χ4n) is 4.33. The lowest BCUT2D eigenvalue weighted by Crippen LogP contribution is -2.64. The summed E-state index contributed by atoms with van der Waals surface area (Å²) in [5.74, 6) is -0.764. The van der Waals surface area contributed by atoms with Crippen LogP contribution in [-0.4, -0.2) is 76.8 Å². The summed E-state index contributed by atoms with van der Waals surface area (Å²) in [6, 6.07) is 14.5. The molecule has 164 valence electrons. The predicted octanol–water partition coefficient (Wildman–Crippen LogP) is 3.23. The number of likely N-dealkylation sites (tertiary alicyclic amines) is 1. The van der Waals surface area contributed by atoms with E-state index in [9.17, 15) is 9.59 Å².